The molecular formula is C16H20N2O2S. The van der Waals surface area contributed by atoms with E-state index in [0.29, 0.717) is 6.54 Å². The van der Waals surface area contributed by atoms with Gasteiger partial charge in [-0.2, -0.15) is 11.8 Å². The number of carbonyl (C=O) groups is 2. The molecule has 1 aliphatic rings. The van der Waals surface area contributed by atoms with Gasteiger partial charge in [-0.25, -0.2) is 4.79 Å². The Kier molecular flexibility index (Phi) is 5.07. The molecule has 1 saturated heterocycles. The van der Waals surface area contributed by atoms with Gasteiger partial charge in [0.2, 0.25) is 0 Å². The topological polar surface area (TPSA) is 49.4 Å². The monoisotopic (exact) mass is 304 g/mol. The van der Waals surface area contributed by atoms with Gasteiger partial charge in [0, 0.05) is 18.1 Å². The van der Waals surface area contributed by atoms with Crippen LogP contribution in [0.4, 0.5) is 4.79 Å². The molecule has 0 unspecified atom stereocenters. The minimum atomic E-state index is -0.769. The largest absolute Gasteiger partial charge is 0.325 e. The Bertz CT molecular complexity index is 540. The molecule has 0 bridgehead atoms. The van der Waals surface area contributed by atoms with E-state index in [-0.39, 0.29) is 11.9 Å². The number of hydrogen-bond acceptors (Lipinski definition) is 3. The highest BCUT2D eigenvalue weighted by Gasteiger charge is 2.43. The van der Waals surface area contributed by atoms with E-state index in [1.54, 1.807) is 25.6 Å². The van der Waals surface area contributed by atoms with Crippen molar-refractivity contribution in [2.24, 2.45) is 0 Å². The lowest BCUT2D eigenvalue weighted by Gasteiger charge is -2.15. The molecule has 4 nitrogen and oxygen atoms in total. The molecule has 21 heavy (non-hydrogen) atoms. The average Bonchev–Trinajstić information content (AvgIpc) is 2.65. The summed E-state index contributed by atoms with van der Waals surface area (Å²) < 4.78 is 0. The predicted octanol–water partition coefficient (Wildman–Crippen LogP) is 2.76. The molecule has 1 aromatic carbocycles. The highest BCUT2D eigenvalue weighted by atomic mass is 32.2. The SMILES string of the molecule is CC1(C)NC(=O)N(CCSC/C=C/c2ccccc2)C1=O. The summed E-state index contributed by atoms with van der Waals surface area (Å²) in [4.78, 5) is 24.9. The quantitative estimate of drug-likeness (QED) is 0.649. The first-order valence-corrected chi connectivity index (χ1v) is 8.09. The first-order valence-electron chi connectivity index (χ1n) is 6.94. The second-order valence-corrected chi connectivity index (χ2v) is 6.55. The van der Waals surface area contributed by atoms with E-state index in [2.05, 4.69) is 29.6 Å². The highest BCUT2D eigenvalue weighted by Crippen LogP contribution is 2.17. The molecule has 0 spiro atoms. The molecule has 1 aliphatic heterocycles. The number of hydrogen-bond donors (Lipinski definition) is 1. The number of nitrogens with one attached hydrogen (secondary N) is 1. The second-order valence-electron chi connectivity index (χ2n) is 5.40. The van der Waals surface area contributed by atoms with Crippen molar-refractivity contribution in [2.45, 2.75) is 19.4 Å². The van der Waals surface area contributed by atoms with Crippen LogP contribution in [0.15, 0.2) is 36.4 Å². The van der Waals surface area contributed by atoms with Gasteiger partial charge in [0.15, 0.2) is 0 Å². The summed E-state index contributed by atoms with van der Waals surface area (Å²) in [6.07, 6.45) is 4.17. The van der Waals surface area contributed by atoms with Crippen molar-refractivity contribution in [2.75, 3.05) is 18.1 Å². The van der Waals surface area contributed by atoms with Gasteiger partial charge in [0.25, 0.3) is 5.91 Å². The zero-order chi connectivity index (χ0) is 15.3. The third-order valence-corrected chi connectivity index (χ3v) is 4.13. The van der Waals surface area contributed by atoms with Crippen LogP contribution in [0, 0.1) is 0 Å². The molecule has 1 aromatic rings. The summed E-state index contributed by atoms with van der Waals surface area (Å²) >= 11 is 1.70. The number of urea groups is 1. The number of nitrogens with zero attached hydrogens (tertiary/aromatic N) is 1. The van der Waals surface area contributed by atoms with Crippen LogP contribution in [0.1, 0.15) is 19.4 Å². The van der Waals surface area contributed by atoms with Crippen LogP contribution in [0.2, 0.25) is 0 Å². The normalized spacial score (nSPS) is 17.5. The lowest BCUT2D eigenvalue weighted by Crippen LogP contribution is -2.40. The van der Waals surface area contributed by atoms with E-state index in [0.717, 1.165) is 11.5 Å². The third kappa shape index (κ3) is 4.11. The van der Waals surface area contributed by atoms with Gasteiger partial charge < -0.3 is 5.32 Å². The molecule has 1 fully saturated rings. The van der Waals surface area contributed by atoms with Crippen molar-refractivity contribution in [3.63, 3.8) is 0 Å². The zero-order valence-corrected chi connectivity index (χ0v) is 13.2. The van der Waals surface area contributed by atoms with Gasteiger partial charge in [0.1, 0.15) is 5.54 Å². The van der Waals surface area contributed by atoms with E-state index in [4.69, 9.17) is 0 Å². The van der Waals surface area contributed by atoms with E-state index >= 15 is 0 Å². The third-order valence-electron chi connectivity index (χ3n) is 3.23. The van der Waals surface area contributed by atoms with Crippen molar-refractivity contribution < 1.29 is 9.59 Å². The molecule has 0 atom stereocenters. The average molecular weight is 304 g/mol. The number of rotatable bonds is 6. The van der Waals surface area contributed by atoms with E-state index in [1.807, 2.05) is 18.2 Å². The van der Waals surface area contributed by atoms with Crippen molar-refractivity contribution in [1.29, 1.82) is 0 Å². The summed E-state index contributed by atoms with van der Waals surface area (Å²) in [6, 6.07) is 9.82. The molecule has 0 saturated carbocycles. The van der Waals surface area contributed by atoms with Crippen LogP contribution in [-0.2, 0) is 4.79 Å². The molecule has 1 heterocycles. The number of thioether (sulfide) groups is 1. The molecule has 0 aliphatic carbocycles. The fourth-order valence-electron chi connectivity index (χ4n) is 2.08. The maximum Gasteiger partial charge on any atom is 0.325 e. The van der Waals surface area contributed by atoms with Gasteiger partial charge in [-0.15, -0.1) is 0 Å². The minimum Gasteiger partial charge on any atom is -0.324 e. The number of amides is 3. The van der Waals surface area contributed by atoms with E-state index in [9.17, 15) is 9.59 Å². The van der Waals surface area contributed by atoms with Crippen LogP contribution in [0.3, 0.4) is 0 Å². The van der Waals surface area contributed by atoms with Crippen LogP contribution in [0.5, 0.6) is 0 Å². The maximum atomic E-state index is 12.0. The van der Waals surface area contributed by atoms with Crippen LogP contribution in [0.25, 0.3) is 6.08 Å². The molecule has 1 N–H and O–H groups in total. The molecule has 2 rings (SSSR count). The maximum absolute atomic E-state index is 12.0. The Balaban J connectivity index is 1.70. The van der Waals surface area contributed by atoms with Gasteiger partial charge in [-0.1, -0.05) is 42.5 Å². The summed E-state index contributed by atoms with van der Waals surface area (Å²) in [6.45, 7) is 3.91. The Hall–Kier alpha value is -1.75. The summed E-state index contributed by atoms with van der Waals surface area (Å²) in [5.41, 5.74) is 0.406. The molecule has 0 radical (unpaired) electrons. The van der Waals surface area contributed by atoms with Gasteiger partial charge >= 0.3 is 6.03 Å². The van der Waals surface area contributed by atoms with Crippen LogP contribution in [-0.4, -0.2) is 40.4 Å². The lowest BCUT2D eigenvalue weighted by molar-refractivity contribution is -0.130. The van der Waals surface area contributed by atoms with E-state index in [1.165, 1.54) is 10.5 Å². The standard InChI is InChI=1S/C16H20N2O2S/c1-16(2)14(19)18(15(20)17-16)10-12-21-11-6-9-13-7-4-3-5-8-13/h3-9H,10-12H2,1-2H3,(H,17,20)/b9-6+. The Morgan fingerprint density at radius 2 is 1.95 bits per heavy atom. The molecular weight excluding hydrogens is 284 g/mol. The fourth-order valence-corrected chi connectivity index (χ4v) is 2.79. The summed E-state index contributed by atoms with van der Waals surface area (Å²) in [5, 5.41) is 2.68. The van der Waals surface area contributed by atoms with Crippen LogP contribution >= 0.6 is 11.8 Å². The zero-order valence-electron chi connectivity index (χ0n) is 12.3. The number of carbonyl (C=O) groups excluding carboxylic acids is 2. The van der Waals surface area contributed by atoms with Crippen molar-refractivity contribution in [1.82, 2.24) is 10.2 Å². The van der Waals surface area contributed by atoms with Crippen LogP contribution < -0.4 is 5.32 Å². The predicted molar refractivity (Wildman–Crippen MR) is 87.1 cm³/mol. The fraction of sp³-hybridized carbons (Fsp3) is 0.375. The van der Waals surface area contributed by atoms with Gasteiger partial charge in [0.05, 0.1) is 0 Å². The molecule has 5 heteroatoms. The smallest absolute Gasteiger partial charge is 0.324 e. The molecule has 0 aromatic heterocycles. The van der Waals surface area contributed by atoms with Gasteiger partial charge in [-0.05, 0) is 19.4 Å². The first kappa shape index (κ1) is 15.6. The molecule has 112 valence electrons. The molecule has 3 amide bonds. The Morgan fingerprint density at radius 1 is 1.24 bits per heavy atom. The second kappa shape index (κ2) is 6.80. The highest BCUT2D eigenvalue weighted by molar-refractivity contribution is 7.99. The number of imide groups is 1. The Labute approximate surface area is 129 Å². The number of benzene rings is 1. The summed E-state index contributed by atoms with van der Waals surface area (Å²) in [5.74, 6) is 1.46. The lowest BCUT2D eigenvalue weighted by atomic mass is 10.1. The van der Waals surface area contributed by atoms with Crippen molar-refractivity contribution in [3.8, 4) is 0 Å². The summed E-state index contributed by atoms with van der Waals surface area (Å²) in [7, 11) is 0. The first-order chi connectivity index (χ1) is 10.0. The van der Waals surface area contributed by atoms with Gasteiger partial charge in [-0.3, -0.25) is 9.69 Å². The van der Waals surface area contributed by atoms with E-state index < -0.39 is 5.54 Å². The Morgan fingerprint density at radius 3 is 2.57 bits per heavy atom. The minimum absolute atomic E-state index is 0.145. The van der Waals surface area contributed by atoms with Crippen molar-refractivity contribution >= 4 is 29.8 Å². The van der Waals surface area contributed by atoms with Crippen molar-refractivity contribution in [3.05, 3.63) is 42.0 Å².